The largest absolute Gasteiger partial charge is 0.491 e. The van der Waals surface area contributed by atoms with Crippen molar-refractivity contribution in [3.8, 4) is 5.75 Å². The van der Waals surface area contributed by atoms with Crippen LogP contribution in [0.1, 0.15) is 31.2 Å². The third kappa shape index (κ3) is 2.78. The first kappa shape index (κ1) is 11.8. The van der Waals surface area contributed by atoms with Gasteiger partial charge in [-0.05, 0) is 43.7 Å². The van der Waals surface area contributed by atoms with Gasteiger partial charge in [0.05, 0.1) is 6.10 Å². The van der Waals surface area contributed by atoms with Crippen molar-refractivity contribution >= 4 is 5.69 Å². The van der Waals surface area contributed by atoms with Crippen LogP contribution in [0.15, 0.2) is 18.2 Å². The van der Waals surface area contributed by atoms with Crippen molar-refractivity contribution in [3.05, 3.63) is 23.8 Å². The fourth-order valence-corrected chi connectivity index (χ4v) is 2.66. The summed E-state index contributed by atoms with van der Waals surface area (Å²) in [4.78, 5) is 0. The van der Waals surface area contributed by atoms with Crippen molar-refractivity contribution in [3.63, 3.8) is 0 Å². The molecule has 2 aliphatic rings. The van der Waals surface area contributed by atoms with Crippen molar-refractivity contribution in [1.82, 2.24) is 0 Å². The zero-order chi connectivity index (χ0) is 12.2. The van der Waals surface area contributed by atoms with Gasteiger partial charge in [-0.25, -0.2) is 0 Å². The normalized spacial score (nSPS) is 23.0. The number of anilines is 1. The van der Waals surface area contributed by atoms with Gasteiger partial charge in [-0.15, -0.1) is 0 Å². The molecular formula is C15H21NO2. The van der Waals surface area contributed by atoms with E-state index < -0.39 is 0 Å². The smallest absolute Gasteiger partial charge is 0.121 e. The minimum absolute atomic E-state index is 0.280. The summed E-state index contributed by atoms with van der Waals surface area (Å²) in [6, 6.07) is 6.38. The van der Waals surface area contributed by atoms with Crippen molar-refractivity contribution in [1.29, 1.82) is 0 Å². The summed E-state index contributed by atoms with van der Waals surface area (Å²) >= 11 is 0. The molecule has 2 heterocycles. The second-order valence-electron chi connectivity index (χ2n) is 5.15. The molecule has 18 heavy (non-hydrogen) atoms. The number of ether oxygens (including phenoxy) is 2. The number of hydrogen-bond donors (Lipinski definition) is 1. The summed E-state index contributed by atoms with van der Waals surface area (Å²) < 4.78 is 11.5. The van der Waals surface area contributed by atoms with Gasteiger partial charge in [0, 0.05) is 24.9 Å². The van der Waals surface area contributed by atoms with Crippen LogP contribution in [0.4, 0.5) is 5.69 Å². The van der Waals surface area contributed by atoms with Crippen LogP contribution < -0.4 is 10.1 Å². The molecule has 1 fully saturated rings. The van der Waals surface area contributed by atoms with Crippen molar-refractivity contribution in [2.24, 2.45) is 0 Å². The maximum absolute atomic E-state index is 5.85. The quantitative estimate of drug-likeness (QED) is 0.890. The zero-order valence-electron chi connectivity index (χ0n) is 10.8. The predicted molar refractivity (Wildman–Crippen MR) is 72.3 cm³/mol. The molecule has 0 amide bonds. The number of fused-ring (bicyclic) bond motifs is 1. The Balaban J connectivity index is 1.58. The second-order valence-corrected chi connectivity index (χ2v) is 5.15. The number of rotatable bonds is 3. The first-order valence-electron chi connectivity index (χ1n) is 7.03. The minimum atomic E-state index is 0.280. The van der Waals surface area contributed by atoms with Crippen LogP contribution in [-0.4, -0.2) is 25.9 Å². The molecule has 1 atom stereocenters. The van der Waals surface area contributed by atoms with E-state index >= 15 is 0 Å². The number of benzene rings is 1. The van der Waals surface area contributed by atoms with Crippen LogP contribution in [0.25, 0.3) is 0 Å². The minimum Gasteiger partial charge on any atom is -0.491 e. The highest BCUT2D eigenvalue weighted by molar-refractivity contribution is 5.56. The molecule has 1 unspecified atom stereocenters. The molecule has 98 valence electrons. The maximum Gasteiger partial charge on any atom is 0.121 e. The van der Waals surface area contributed by atoms with Gasteiger partial charge in [-0.2, -0.15) is 0 Å². The lowest BCUT2D eigenvalue weighted by atomic mass is 10.0. The van der Waals surface area contributed by atoms with Gasteiger partial charge in [0.15, 0.2) is 0 Å². The molecule has 0 aliphatic carbocycles. The summed E-state index contributed by atoms with van der Waals surface area (Å²) in [5.74, 6) is 0.956. The van der Waals surface area contributed by atoms with Crippen LogP contribution in [0, 0.1) is 0 Å². The lowest BCUT2D eigenvalue weighted by Gasteiger charge is -2.23. The molecule has 3 heteroatoms. The second kappa shape index (κ2) is 5.61. The number of aryl methyl sites for hydroxylation is 1. The van der Waals surface area contributed by atoms with Crippen LogP contribution in [0.5, 0.6) is 5.75 Å². The molecule has 1 N–H and O–H groups in total. The SMILES string of the molecule is c1cc2c(cc1OCC1CCCCO1)NCCC2. The molecule has 2 aliphatic heterocycles. The van der Waals surface area contributed by atoms with E-state index in [1.165, 1.54) is 36.9 Å². The molecule has 0 aromatic heterocycles. The van der Waals surface area contributed by atoms with Crippen LogP contribution in [-0.2, 0) is 11.2 Å². The number of nitrogens with one attached hydrogen (secondary N) is 1. The topological polar surface area (TPSA) is 30.5 Å². The van der Waals surface area contributed by atoms with E-state index in [9.17, 15) is 0 Å². The Morgan fingerprint density at radius 1 is 1.28 bits per heavy atom. The van der Waals surface area contributed by atoms with E-state index in [2.05, 4.69) is 23.5 Å². The fraction of sp³-hybridized carbons (Fsp3) is 0.600. The van der Waals surface area contributed by atoms with Crippen LogP contribution in [0.2, 0.25) is 0 Å². The highest BCUT2D eigenvalue weighted by atomic mass is 16.5. The molecule has 1 aromatic rings. The van der Waals surface area contributed by atoms with Gasteiger partial charge in [-0.3, -0.25) is 0 Å². The van der Waals surface area contributed by atoms with Gasteiger partial charge in [0.25, 0.3) is 0 Å². The average Bonchev–Trinajstić information content (AvgIpc) is 2.46. The summed E-state index contributed by atoms with van der Waals surface area (Å²) in [6.07, 6.45) is 6.27. The molecule has 0 saturated carbocycles. The van der Waals surface area contributed by atoms with E-state index in [1.54, 1.807) is 0 Å². The van der Waals surface area contributed by atoms with Gasteiger partial charge >= 0.3 is 0 Å². The molecular weight excluding hydrogens is 226 g/mol. The van der Waals surface area contributed by atoms with Crippen molar-refractivity contribution in [2.75, 3.05) is 25.1 Å². The predicted octanol–water partition coefficient (Wildman–Crippen LogP) is 2.99. The monoisotopic (exact) mass is 247 g/mol. The van der Waals surface area contributed by atoms with Gasteiger partial charge in [0.2, 0.25) is 0 Å². The Morgan fingerprint density at radius 2 is 2.28 bits per heavy atom. The fourth-order valence-electron chi connectivity index (χ4n) is 2.66. The van der Waals surface area contributed by atoms with E-state index in [4.69, 9.17) is 9.47 Å². The summed E-state index contributed by atoms with van der Waals surface area (Å²) in [6.45, 7) is 2.64. The van der Waals surface area contributed by atoms with E-state index in [0.29, 0.717) is 6.61 Å². The van der Waals surface area contributed by atoms with E-state index in [0.717, 1.165) is 25.3 Å². The standard InChI is InChI=1S/C15H21NO2/c1-2-9-17-14(5-1)11-18-13-7-6-12-4-3-8-16-15(12)10-13/h6-7,10,14,16H,1-5,8-9,11H2. The molecule has 0 radical (unpaired) electrons. The lowest BCUT2D eigenvalue weighted by molar-refractivity contribution is -0.0110. The highest BCUT2D eigenvalue weighted by Gasteiger charge is 2.15. The highest BCUT2D eigenvalue weighted by Crippen LogP contribution is 2.27. The molecule has 1 saturated heterocycles. The third-order valence-corrected chi connectivity index (χ3v) is 3.73. The summed E-state index contributed by atoms with van der Waals surface area (Å²) in [5.41, 5.74) is 2.64. The Labute approximate surface area is 108 Å². The summed E-state index contributed by atoms with van der Waals surface area (Å²) in [5, 5.41) is 3.43. The van der Waals surface area contributed by atoms with E-state index in [-0.39, 0.29) is 6.10 Å². The Hall–Kier alpha value is -1.22. The zero-order valence-corrected chi connectivity index (χ0v) is 10.8. The molecule has 0 spiro atoms. The Morgan fingerprint density at radius 3 is 3.17 bits per heavy atom. The Kier molecular flexibility index (Phi) is 3.69. The third-order valence-electron chi connectivity index (χ3n) is 3.73. The number of hydrogen-bond acceptors (Lipinski definition) is 3. The van der Waals surface area contributed by atoms with Crippen molar-refractivity contribution in [2.45, 2.75) is 38.2 Å². The average molecular weight is 247 g/mol. The summed E-state index contributed by atoms with van der Waals surface area (Å²) in [7, 11) is 0. The van der Waals surface area contributed by atoms with Gasteiger partial charge in [-0.1, -0.05) is 6.07 Å². The molecule has 3 rings (SSSR count). The van der Waals surface area contributed by atoms with Crippen LogP contribution in [0.3, 0.4) is 0 Å². The van der Waals surface area contributed by atoms with Crippen molar-refractivity contribution < 1.29 is 9.47 Å². The van der Waals surface area contributed by atoms with Crippen LogP contribution >= 0.6 is 0 Å². The Bertz CT molecular complexity index is 399. The lowest BCUT2D eigenvalue weighted by Crippen LogP contribution is -2.25. The molecule has 1 aromatic carbocycles. The van der Waals surface area contributed by atoms with Gasteiger partial charge < -0.3 is 14.8 Å². The first-order valence-corrected chi connectivity index (χ1v) is 7.03. The molecule has 0 bridgehead atoms. The maximum atomic E-state index is 5.85. The first-order chi connectivity index (χ1) is 8.92. The molecule has 3 nitrogen and oxygen atoms in total. The van der Waals surface area contributed by atoms with Gasteiger partial charge in [0.1, 0.15) is 12.4 Å². The van der Waals surface area contributed by atoms with E-state index in [1.807, 2.05) is 0 Å².